The van der Waals surface area contributed by atoms with Crippen molar-refractivity contribution in [2.24, 2.45) is 5.73 Å². The first-order valence-electron chi connectivity index (χ1n) is 5.92. The second-order valence-corrected chi connectivity index (χ2v) is 3.98. The molecule has 1 aromatic heterocycles. The minimum Gasteiger partial charge on any atom is -0.479 e. The molecule has 0 spiro atoms. The molecule has 1 heterocycles. The first-order chi connectivity index (χ1) is 9.27. The number of carbonyl (C=O) groups is 1. The molecule has 2 N–H and O–H groups in total. The summed E-state index contributed by atoms with van der Waals surface area (Å²) < 4.78 is 5.06. The number of Topliss-reactive ketones (excluding diaryl/α,β-unsaturated/α-hetero) is 1. The van der Waals surface area contributed by atoms with Crippen molar-refractivity contribution >= 4 is 5.78 Å². The van der Waals surface area contributed by atoms with Crippen molar-refractivity contribution in [2.75, 3.05) is 13.7 Å². The Bertz CT molecular complexity index is 558. The molecule has 0 aliphatic carbocycles. The predicted molar refractivity (Wildman–Crippen MR) is 71.2 cm³/mol. The van der Waals surface area contributed by atoms with E-state index in [2.05, 4.69) is 9.97 Å². The maximum Gasteiger partial charge on any atom is 0.243 e. The van der Waals surface area contributed by atoms with Crippen LogP contribution >= 0.6 is 0 Å². The number of rotatable bonds is 5. The molecule has 1 atom stereocenters. The van der Waals surface area contributed by atoms with Crippen LogP contribution in [0.25, 0.3) is 0 Å². The number of benzene rings is 1. The summed E-state index contributed by atoms with van der Waals surface area (Å²) in [4.78, 5) is 20.5. The normalized spacial score (nSPS) is 11.9. The molecule has 0 bridgehead atoms. The van der Waals surface area contributed by atoms with Gasteiger partial charge in [0.15, 0.2) is 11.5 Å². The van der Waals surface area contributed by atoms with E-state index in [-0.39, 0.29) is 23.9 Å². The van der Waals surface area contributed by atoms with E-state index in [4.69, 9.17) is 10.5 Å². The third-order valence-corrected chi connectivity index (χ3v) is 2.85. The van der Waals surface area contributed by atoms with Gasteiger partial charge in [-0.3, -0.25) is 4.79 Å². The number of hydrogen-bond donors (Lipinski definition) is 1. The van der Waals surface area contributed by atoms with E-state index in [0.29, 0.717) is 0 Å². The van der Waals surface area contributed by atoms with E-state index in [1.165, 1.54) is 19.5 Å². The molecule has 2 aromatic rings. The maximum atomic E-state index is 12.5. The number of nitrogens with zero attached hydrogens (tertiary/aromatic N) is 2. The first-order valence-corrected chi connectivity index (χ1v) is 5.92. The molecule has 0 fully saturated rings. The van der Waals surface area contributed by atoms with E-state index in [1.807, 2.05) is 30.3 Å². The van der Waals surface area contributed by atoms with Crippen molar-refractivity contribution in [3.8, 4) is 5.88 Å². The molecule has 1 unspecified atom stereocenters. The lowest BCUT2D eigenvalue weighted by Crippen LogP contribution is -2.23. The molecule has 0 aliphatic rings. The Morgan fingerprint density at radius 2 is 1.95 bits per heavy atom. The van der Waals surface area contributed by atoms with Gasteiger partial charge in [-0.15, -0.1) is 0 Å². The molecule has 19 heavy (non-hydrogen) atoms. The van der Waals surface area contributed by atoms with Crippen LogP contribution in [0.2, 0.25) is 0 Å². The smallest absolute Gasteiger partial charge is 0.243 e. The van der Waals surface area contributed by atoms with Gasteiger partial charge in [-0.25, -0.2) is 9.97 Å². The third-order valence-electron chi connectivity index (χ3n) is 2.85. The quantitative estimate of drug-likeness (QED) is 0.819. The van der Waals surface area contributed by atoms with Gasteiger partial charge in [-0.05, 0) is 5.56 Å². The first kappa shape index (κ1) is 13.2. The molecule has 0 radical (unpaired) electrons. The lowest BCUT2D eigenvalue weighted by Gasteiger charge is -2.14. The van der Waals surface area contributed by atoms with Gasteiger partial charge in [-0.1, -0.05) is 30.3 Å². The van der Waals surface area contributed by atoms with E-state index < -0.39 is 5.92 Å². The molecule has 2 rings (SSSR count). The highest BCUT2D eigenvalue weighted by Crippen LogP contribution is 2.22. The SMILES string of the molecule is COc1nccnc1C(=O)C(CN)c1ccccc1. The van der Waals surface area contributed by atoms with Crippen molar-refractivity contribution < 1.29 is 9.53 Å². The van der Waals surface area contributed by atoms with Crippen LogP contribution in [0.3, 0.4) is 0 Å². The topological polar surface area (TPSA) is 78.1 Å². The van der Waals surface area contributed by atoms with Crippen LogP contribution < -0.4 is 10.5 Å². The van der Waals surface area contributed by atoms with Crippen LogP contribution in [0, 0.1) is 0 Å². The highest BCUT2D eigenvalue weighted by atomic mass is 16.5. The molecule has 0 aliphatic heterocycles. The standard InChI is InChI=1S/C14H15N3O2/c1-19-14-12(16-7-8-17-14)13(18)11(9-15)10-5-3-2-4-6-10/h2-8,11H,9,15H2,1H3. The van der Waals surface area contributed by atoms with E-state index in [0.717, 1.165) is 5.56 Å². The Kier molecular flexibility index (Phi) is 4.20. The summed E-state index contributed by atoms with van der Waals surface area (Å²) in [5.41, 5.74) is 6.80. The van der Waals surface area contributed by atoms with Crippen molar-refractivity contribution in [1.29, 1.82) is 0 Å². The fraction of sp³-hybridized carbons (Fsp3) is 0.214. The summed E-state index contributed by atoms with van der Waals surface area (Å²) in [6.07, 6.45) is 2.95. The largest absolute Gasteiger partial charge is 0.479 e. The van der Waals surface area contributed by atoms with Crippen LogP contribution in [0.1, 0.15) is 22.0 Å². The Labute approximate surface area is 111 Å². The highest BCUT2D eigenvalue weighted by molar-refractivity contribution is 6.01. The van der Waals surface area contributed by atoms with Gasteiger partial charge in [-0.2, -0.15) is 0 Å². The average molecular weight is 257 g/mol. The second-order valence-electron chi connectivity index (χ2n) is 3.98. The molecule has 0 saturated carbocycles. The zero-order chi connectivity index (χ0) is 13.7. The van der Waals surface area contributed by atoms with Crippen LogP contribution in [0.4, 0.5) is 0 Å². The fourth-order valence-corrected chi connectivity index (χ4v) is 1.89. The summed E-state index contributed by atoms with van der Waals surface area (Å²) in [5, 5.41) is 0. The Morgan fingerprint density at radius 3 is 2.58 bits per heavy atom. The third kappa shape index (κ3) is 2.77. The van der Waals surface area contributed by atoms with Crippen LogP contribution in [0.5, 0.6) is 5.88 Å². The van der Waals surface area contributed by atoms with Gasteiger partial charge in [0, 0.05) is 18.9 Å². The van der Waals surface area contributed by atoms with Crippen LogP contribution in [-0.2, 0) is 0 Å². The van der Waals surface area contributed by atoms with Crippen LogP contribution in [-0.4, -0.2) is 29.4 Å². The number of carbonyl (C=O) groups excluding carboxylic acids is 1. The molecule has 0 amide bonds. The maximum absolute atomic E-state index is 12.5. The monoisotopic (exact) mass is 257 g/mol. The average Bonchev–Trinajstić information content (AvgIpc) is 2.49. The summed E-state index contributed by atoms with van der Waals surface area (Å²) in [7, 11) is 1.46. The number of ether oxygens (including phenoxy) is 1. The molecule has 98 valence electrons. The van der Waals surface area contributed by atoms with Gasteiger partial charge >= 0.3 is 0 Å². The Hall–Kier alpha value is -2.27. The van der Waals surface area contributed by atoms with Gasteiger partial charge in [0.25, 0.3) is 0 Å². The molecular weight excluding hydrogens is 242 g/mol. The second kappa shape index (κ2) is 6.06. The Morgan fingerprint density at radius 1 is 1.26 bits per heavy atom. The number of nitrogens with two attached hydrogens (primary N) is 1. The summed E-state index contributed by atoms with van der Waals surface area (Å²) >= 11 is 0. The summed E-state index contributed by atoms with van der Waals surface area (Å²) in [6.45, 7) is 0.211. The predicted octanol–water partition coefficient (Wildman–Crippen LogP) is 1.41. The molecule has 1 aromatic carbocycles. The lowest BCUT2D eigenvalue weighted by molar-refractivity contribution is 0.0953. The summed E-state index contributed by atoms with van der Waals surface area (Å²) in [5.74, 6) is -0.396. The Balaban J connectivity index is 2.36. The van der Waals surface area contributed by atoms with E-state index in [9.17, 15) is 4.79 Å². The minimum atomic E-state index is -0.438. The molecular formula is C14H15N3O2. The van der Waals surface area contributed by atoms with Crippen molar-refractivity contribution in [2.45, 2.75) is 5.92 Å². The van der Waals surface area contributed by atoms with Crippen LogP contribution in [0.15, 0.2) is 42.7 Å². The van der Waals surface area contributed by atoms with E-state index in [1.54, 1.807) is 0 Å². The zero-order valence-corrected chi connectivity index (χ0v) is 10.6. The van der Waals surface area contributed by atoms with Gasteiger partial charge < -0.3 is 10.5 Å². The zero-order valence-electron chi connectivity index (χ0n) is 10.6. The number of hydrogen-bond acceptors (Lipinski definition) is 5. The van der Waals surface area contributed by atoms with Gasteiger partial charge in [0.05, 0.1) is 13.0 Å². The number of ketones is 1. The molecule has 5 heteroatoms. The highest BCUT2D eigenvalue weighted by Gasteiger charge is 2.25. The molecule has 0 saturated heterocycles. The summed E-state index contributed by atoms with van der Waals surface area (Å²) in [6, 6.07) is 9.39. The van der Waals surface area contributed by atoms with Crippen molar-refractivity contribution in [3.63, 3.8) is 0 Å². The van der Waals surface area contributed by atoms with Crippen molar-refractivity contribution in [1.82, 2.24) is 9.97 Å². The van der Waals surface area contributed by atoms with E-state index >= 15 is 0 Å². The van der Waals surface area contributed by atoms with Gasteiger partial charge in [0.1, 0.15) is 0 Å². The lowest BCUT2D eigenvalue weighted by atomic mass is 9.93. The fourth-order valence-electron chi connectivity index (χ4n) is 1.89. The number of aromatic nitrogens is 2. The number of methoxy groups -OCH3 is 1. The minimum absolute atomic E-state index is 0.182. The van der Waals surface area contributed by atoms with Crippen molar-refractivity contribution in [3.05, 3.63) is 54.0 Å². The molecule has 5 nitrogen and oxygen atoms in total. The van der Waals surface area contributed by atoms with Gasteiger partial charge in [0.2, 0.25) is 5.88 Å².